The highest BCUT2D eigenvalue weighted by Gasteiger charge is 2.46. The van der Waals surface area contributed by atoms with Crippen molar-refractivity contribution in [3.05, 3.63) is 93.8 Å². The summed E-state index contributed by atoms with van der Waals surface area (Å²) < 4.78 is 15.3. The molecule has 0 spiro atoms. The van der Waals surface area contributed by atoms with Crippen LogP contribution in [0, 0.1) is 0 Å². The number of fused-ring (bicyclic) bond motifs is 1. The average Bonchev–Trinajstić information content (AvgIpc) is 3.49. The van der Waals surface area contributed by atoms with Crippen molar-refractivity contribution in [1.82, 2.24) is 14.5 Å². The molecule has 0 radical (unpaired) electrons. The molecule has 0 bridgehead atoms. The van der Waals surface area contributed by atoms with Crippen LogP contribution in [0.2, 0.25) is 5.02 Å². The number of hydrogen-bond donors (Lipinski definition) is 1. The topological polar surface area (TPSA) is 71.1 Å². The molecule has 5 rings (SSSR count). The standard InChI is InChI=1S/C25H34ClN3O3S.C9H6OS/c1-25(12-14-28(25)2)24(30)29(18-19-6-9-21(26)10-7-19)13-5-15-33-27-17-20-8-11-22(31-3)16-23(20)32-4;10-5-7-6-11-9-4-2-1-3-8(7)9/h6-11,16,27H,5,12-15,17-18H2,1-4H3;1-6H. The van der Waals surface area contributed by atoms with Crippen LogP contribution >= 0.6 is 34.9 Å². The SMILES string of the molecule is COc1ccc(CNSCCCN(Cc2ccc(Cl)cc2)C(=O)C2(C)CCN2C)c(OC)c1.O=Cc1csc2ccccc12. The van der Waals surface area contributed by atoms with Gasteiger partial charge in [-0.15, -0.1) is 11.3 Å². The highest BCUT2D eigenvalue weighted by atomic mass is 35.5. The molecule has 1 aromatic heterocycles. The molecule has 1 saturated heterocycles. The Morgan fingerprint density at radius 2 is 1.91 bits per heavy atom. The second kappa shape index (κ2) is 16.3. The van der Waals surface area contributed by atoms with Gasteiger partial charge in [0.05, 0.1) is 19.8 Å². The fourth-order valence-corrected chi connectivity index (χ4v) is 6.67. The van der Waals surface area contributed by atoms with Crippen molar-refractivity contribution in [2.24, 2.45) is 0 Å². The zero-order valence-electron chi connectivity index (χ0n) is 25.7. The van der Waals surface area contributed by atoms with Crippen molar-refractivity contribution in [2.75, 3.05) is 40.1 Å². The van der Waals surface area contributed by atoms with Crippen molar-refractivity contribution < 1.29 is 19.1 Å². The first-order chi connectivity index (χ1) is 21.3. The van der Waals surface area contributed by atoms with E-state index >= 15 is 0 Å². The predicted molar refractivity (Wildman–Crippen MR) is 183 cm³/mol. The van der Waals surface area contributed by atoms with Crippen LogP contribution in [0.5, 0.6) is 11.5 Å². The average molecular weight is 654 g/mol. The van der Waals surface area contributed by atoms with Gasteiger partial charge in [0.2, 0.25) is 5.91 Å². The summed E-state index contributed by atoms with van der Waals surface area (Å²) in [7, 11) is 5.33. The number of carbonyl (C=O) groups is 2. The molecule has 3 aromatic carbocycles. The van der Waals surface area contributed by atoms with E-state index in [1.807, 2.05) is 91.0 Å². The molecule has 1 aliphatic rings. The first-order valence-electron chi connectivity index (χ1n) is 14.5. The lowest BCUT2D eigenvalue weighted by molar-refractivity contribution is -0.151. The van der Waals surface area contributed by atoms with Gasteiger partial charge in [-0.3, -0.25) is 19.2 Å². The Hall–Kier alpha value is -3.08. The number of carbonyl (C=O) groups excluding carboxylic acids is 2. The number of methoxy groups -OCH3 is 2. The highest BCUT2D eigenvalue weighted by molar-refractivity contribution is 7.97. The lowest BCUT2D eigenvalue weighted by Gasteiger charge is -2.49. The normalized spacial score (nSPS) is 16.0. The number of nitrogens with zero attached hydrogens (tertiary/aromatic N) is 2. The fraction of sp³-hybridized carbons (Fsp3) is 0.353. The van der Waals surface area contributed by atoms with Crippen LogP contribution < -0.4 is 14.2 Å². The van der Waals surface area contributed by atoms with Gasteiger partial charge >= 0.3 is 0 Å². The quantitative estimate of drug-likeness (QED) is 0.0921. The Balaban J connectivity index is 0.000000333. The lowest BCUT2D eigenvalue weighted by atomic mass is 9.85. The summed E-state index contributed by atoms with van der Waals surface area (Å²) in [6.07, 6.45) is 2.70. The molecule has 0 aliphatic carbocycles. The van der Waals surface area contributed by atoms with Crippen LogP contribution in [0.4, 0.5) is 0 Å². The smallest absolute Gasteiger partial charge is 0.243 e. The molecule has 10 heteroatoms. The van der Waals surface area contributed by atoms with E-state index in [2.05, 4.69) is 9.62 Å². The van der Waals surface area contributed by atoms with Crippen molar-refractivity contribution in [2.45, 2.75) is 38.4 Å². The molecule has 0 saturated carbocycles. The molecule has 1 amide bonds. The molecule has 1 aliphatic heterocycles. The van der Waals surface area contributed by atoms with E-state index < -0.39 is 5.54 Å². The van der Waals surface area contributed by atoms with E-state index in [-0.39, 0.29) is 5.91 Å². The zero-order valence-corrected chi connectivity index (χ0v) is 28.1. The summed E-state index contributed by atoms with van der Waals surface area (Å²) in [5.74, 6) is 2.68. The maximum atomic E-state index is 13.4. The molecule has 1 unspecified atom stereocenters. The molecule has 2 heterocycles. The number of likely N-dealkylation sites (tertiary alicyclic amines) is 1. The number of ether oxygens (including phenoxy) is 2. The van der Waals surface area contributed by atoms with E-state index in [1.165, 1.54) is 4.70 Å². The summed E-state index contributed by atoms with van der Waals surface area (Å²) in [4.78, 5) is 28.0. The van der Waals surface area contributed by atoms with Gasteiger partial charge in [0.1, 0.15) is 11.5 Å². The minimum atomic E-state index is -0.400. The maximum absolute atomic E-state index is 13.4. The van der Waals surface area contributed by atoms with E-state index in [9.17, 15) is 9.59 Å². The van der Waals surface area contributed by atoms with Gasteiger partial charge in [0.15, 0.2) is 6.29 Å². The molecule has 234 valence electrons. The van der Waals surface area contributed by atoms with Crippen molar-refractivity contribution in [3.63, 3.8) is 0 Å². The predicted octanol–water partition coefficient (Wildman–Crippen LogP) is 7.32. The number of amides is 1. The van der Waals surface area contributed by atoms with E-state index in [1.54, 1.807) is 37.5 Å². The first-order valence-corrected chi connectivity index (χ1v) is 16.8. The van der Waals surface area contributed by atoms with Crippen LogP contribution in [0.25, 0.3) is 10.1 Å². The minimum Gasteiger partial charge on any atom is -0.497 e. The van der Waals surface area contributed by atoms with E-state index in [4.69, 9.17) is 21.1 Å². The van der Waals surface area contributed by atoms with Crippen LogP contribution in [0.1, 0.15) is 41.3 Å². The Bertz CT molecular complexity index is 1530. The Morgan fingerprint density at radius 3 is 2.57 bits per heavy atom. The lowest BCUT2D eigenvalue weighted by Crippen LogP contribution is -2.64. The van der Waals surface area contributed by atoms with Crippen LogP contribution in [0.15, 0.2) is 72.1 Å². The number of hydrogen-bond acceptors (Lipinski definition) is 8. The maximum Gasteiger partial charge on any atom is 0.243 e. The number of benzene rings is 3. The Labute approximate surface area is 273 Å². The van der Waals surface area contributed by atoms with Gasteiger partial charge in [-0.2, -0.15) is 0 Å². The highest BCUT2D eigenvalue weighted by Crippen LogP contribution is 2.31. The third-order valence-electron chi connectivity index (χ3n) is 7.98. The van der Waals surface area contributed by atoms with E-state index in [0.717, 1.165) is 65.0 Å². The third-order valence-corrected chi connectivity index (χ3v) is 10.1. The van der Waals surface area contributed by atoms with Gasteiger partial charge in [-0.05, 0) is 56.6 Å². The van der Waals surface area contributed by atoms with E-state index in [0.29, 0.717) is 24.7 Å². The molecular weight excluding hydrogens is 614 g/mol. The third kappa shape index (κ3) is 8.55. The molecule has 44 heavy (non-hydrogen) atoms. The fourth-order valence-electron chi connectivity index (χ4n) is 4.96. The van der Waals surface area contributed by atoms with Crippen molar-refractivity contribution in [1.29, 1.82) is 0 Å². The largest absolute Gasteiger partial charge is 0.497 e. The van der Waals surface area contributed by atoms with Gasteiger partial charge in [0.25, 0.3) is 0 Å². The van der Waals surface area contributed by atoms with Gasteiger partial charge < -0.3 is 14.4 Å². The monoisotopic (exact) mass is 653 g/mol. The molecule has 1 atom stereocenters. The first kappa shape index (κ1) is 33.8. The minimum absolute atomic E-state index is 0.201. The van der Waals surface area contributed by atoms with Crippen molar-refractivity contribution >= 4 is 57.2 Å². The summed E-state index contributed by atoms with van der Waals surface area (Å²) in [5, 5.41) is 3.66. The molecular formula is C34H40ClN3O4S2. The summed E-state index contributed by atoms with van der Waals surface area (Å²) >= 11 is 9.31. The number of halogens is 1. The van der Waals surface area contributed by atoms with Crippen molar-refractivity contribution in [3.8, 4) is 11.5 Å². The summed E-state index contributed by atoms with van der Waals surface area (Å²) in [6, 6.07) is 21.5. The number of thiophene rings is 1. The molecule has 1 fully saturated rings. The Morgan fingerprint density at radius 1 is 1.14 bits per heavy atom. The number of likely N-dealkylation sites (N-methyl/N-ethyl adjacent to an activating group) is 1. The molecule has 7 nitrogen and oxygen atoms in total. The second-order valence-electron chi connectivity index (χ2n) is 10.8. The van der Waals surface area contributed by atoms with Gasteiger partial charge in [0, 0.05) is 69.6 Å². The van der Waals surface area contributed by atoms with Crippen LogP contribution in [-0.2, 0) is 17.9 Å². The van der Waals surface area contributed by atoms with Crippen LogP contribution in [0.3, 0.4) is 0 Å². The zero-order chi connectivity index (χ0) is 31.5. The Kier molecular flexibility index (Phi) is 12.5. The number of nitrogens with one attached hydrogen (secondary N) is 1. The second-order valence-corrected chi connectivity index (χ2v) is 13.1. The van der Waals surface area contributed by atoms with Gasteiger partial charge in [-0.1, -0.05) is 59.9 Å². The van der Waals surface area contributed by atoms with Gasteiger partial charge in [-0.25, -0.2) is 0 Å². The van der Waals surface area contributed by atoms with Crippen LogP contribution in [-0.4, -0.2) is 67.6 Å². The number of aldehydes is 1. The summed E-state index contributed by atoms with van der Waals surface area (Å²) in [6.45, 7) is 5.01. The molecule has 1 N–H and O–H groups in total. The number of rotatable bonds is 13. The molecule has 4 aromatic rings. The summed E-state index contributed by atoms with van der Waals surface area (Å²) in [5.41, 5.74) is 2.57.